The third-order valence-electron chi connectivity index (χ3n) is 5.01. The third-order valence-corrected chi connectivity index (χ3v) is 6.15. The fourth-order valence-corrected chi connectivity index (χ4v) is 4.29. The summed E-state index contributed by atoms with van der Waals surface area (Å²) in [6.45, 7) is 0.484. The standard InChI is InChI=1S/C21H23N3O5S/c1-28-19-10-16-7-8-23(13-17(16)11-20(19)29-2)21(25)14-24(30(3,26)27)18-6-4-5-15(9-18)12-22/h4-6,9-11H,7-8,13-14H2,1-3H3. The van der Waals surface area contributed by atoms with Crippen molar-refractivity contribution < 1.29 is 22.7 Å². The van der Waals surface area contributed by atoms with E-state index in [9.17, 15) is 13.2 Å². The number of nitriles is 1. The summed E-state index contributed by atoms with van der Waals surface area (Å²) in [6.07, 6.45) is 1.67. The number of sulfonamides is 1. The van der Waals surface area contributed by atoms with Gasteiger partial charge in [-0.25, -0.2) is 8.42 Å². The Morgan fingerprint density at radius 1 is 1.17 bits per heavy atom. The van der Waals surface area contributed by atoms with Crippen LogP contribution in [-0.4, -0.2) is 52.8 Å². The number of ether oxygens (including phenoxy) is 2. The highest BCUT2D eigenvalue weighted by atomic mass is 32.2. The maximum Gasteiger partial charge on any atom is 0.243 e. The minimum Gasteiger partial charge on any atom is -0.493 e. The molecule has 1 amide bonds. The molecule has 30 heavy (non-hydrogen) atoms. The third kappa shape index (κ3) is 4.49. The van der Waals surface area contributed by atoms with E-state index >= 15 is 0 Å². The van der Waals surface area contributed by atoms with Gasteiger partial charge in [-0.05, 0) is 47.9 Å². The second-order valence-electron chi connectivity index (χ2n) is 6.97. The van der Waals surface area contributed by atoms with Gasteiger partial charge in [0.25, 0.3) is 0 Å². The largest absolute Gasteiger partial charge is 0.493 e. The molecule has 1 aliphatic heterocycles. The zero-order valence-electron chi connectivity index (χ0n) is 17.1. The Bertz CT molecular complexity index is 1110. The molecule has 0 saturated heterocycles. The number of carbonyl (C=O) groups is 1. The van der Waals surface area contributed by atoms with Crippen molar-refractivity contribution in [2.24, 2.45) is 0 Å². The first-order chi connectivity index (χ1) is 14.3. The predicted molar refractivity (Wildman–Crippen MR) is 112 cm³/mol. The molecule has 0 bridgehead atoms. The number of rotatable bonds is 6. The molecule has 0 fully saturated rings. The molecule has 0 N–H and O–H groups in total. The van der Waals surface area contributed by atoms with E-state index in [1.165, 1.54) is 6.07 Å². The fraction of sp³-hybridized carbons (Fsp3) is 0.333. The second-order valence-corrected chi connectivity index (χ2v) is 8.88. The van der Waals surface area contributed by atoms with E-state index in [-0.39, 0.29) is 18.1 Å². The number of carbonyl (C=O) groups excluding carboxylic acids is 1. The quantitative estimate of drug-likeness (QED) is 0.696. The number of fused-ring (bicyclic) bond motifs is 1. The van der Waals surface area contributed by atoms with Gasteiger partial charge in [0.2, 0.25) is 15.9 Å². The number of methoxy groups -OCH3 is 2. The van der Waals surface area contributed by atoms with E-state index in [0.29, 0.717) is 36.6 Å². The molecule has 0 aliphatic carbocycles. The smallest absolute Gasteiger partial charge is 0.243 e. The molecular formula is C21H23N3O5S. The molecule has 158 valence electrons. The number of hydrogen-bond acceptors (Lipinski definition) is 6. The van der Waals surface area contributed by atoms with Crippen LogP contribution in [0.4, 0.5) is 5.69 Å². The predicted octanol–water partition coefficient (Wildman–Crippen LogP) is 1.93. The Kier molecular flexibility index (Phi) is 6.17. The van der Waals surface area contributed by atoms with Crippen LogP contribution in [0.15, 0.2) is 36.4 Å². The summed E-state index contributed by atoms with van der Waals surface area (Å²) in [5.74, 6) is 0.900. The monoisotopic (exact) mass is 429 g/mol. The van der Waals surface area contributed by atoms with E-state index in [4.69, 9.17) is 14.7 Å². The van der Waals surface area contributed by atoms with Gasteiger partial charge in [0.1, 0.15) is 6.54 Å². The summed E-state index contributed by atoms with van der Waals surface area (Å²) < 4.78 is 36.4. The van der Waals surface area contributed by atoms with E-state index in [0.717, 1.165) is 21.7 Å². The van der Waals surface area contributed by atoms with Crippen molar-refractivity contribution in [1.82, 2.24) is 4.90 Å². The van der Waals surface area contributed by atoms with Crippen LogP contribution in [-0.2, 0) is 27.8 Å². The minimum atomic E-state index is -3.72. The molecule has 9 heteroatoms. The lowest BCUT2D eigenvalue weighted by Gasteiger charge is -2.31. The maximum atomic E-state index is 13.0. The van der Waals surface area contributed by atoms with E-state index in [2.05, 4.69) is 0 Å². The molecule has 0 atom stereocenters. The van der Waals surface area contributed by atoms with Crippen molar-refractivity contribution >= 4 is 21.6 Å². The van der Waals surface area contributed by atoms with Gasteiger partial charge in [-0.15, -0.1) is 0 Å². The first-order valence-electron chi connectivity index (χ1n) is 9.26. The summed E-state index contributed by atoms with van der Waals surface area (Å²) in [4.78, 5) is 14.6. The normalized spacial score (nSPS) is 13.2. The lowest BCUT2D eigenvalue weighted by molar-refractivity contribution is -0.130. The van der Waals surface area contributed by atoms with Crippen LogP contribution in [0, 0.1) is 11.3 Å². The molecule has 0 unspecified atom stereocenters. The van der Waals surface area contributed by atoms with Crippen LogP contribution in [0.5, 0.6) is 11.5 Å². The van der Waals surface area contributed by atoms with Crippen molar-refractivity contribution in [3.8, 4) is 17.6 Å². The van der Waals surface area contributed by atoms with Gasteiger partial charge < -0.3 is 14.4 Å². The van der Waals surface area contributed by atoms with Crippen LogP contribution < -0.4 is 13.8 Å². The highest BCUT2D eigenvalue weighted by Crippen LogP contribution is 2.33. The first-order valence-corrected chi connectivity index (χ1v) is 11.1. The van der Waals surface area contributed by atoms with Crippen LogP contribution in [0.25, 0.3) is 0 Å². The minimum absolute atomic E-state index is 0.286. The molecule has 1 aliphatic rings. The van der Waals surface area contributed by atoms with Crippen molar-refractivity contribution in [1.29, 1.82) is 5.26 Å². The van der Waals surface area contributed by atoms with Gasteiger partial charge in [0.05, 0.1) is 37.8 Å². The van der Waals surface area contributed by atoms with Gasteiger partial charge in [0.15, 0.2) is 11.5 Å². The highest BCUT2D eigenvalue weighted by Gasteiger charge is 2.27. The summed E-state index contributed by atoms with van der Waals surface area (Å²) in [5.41, 5.74) is 2.61. The molecule has 1 heterocycles. The molecule has 0 radical (unpaired) electrons. The summed E-state index contributed by atoms with van der Waals surface area (Å²) in [5, 5.41) is 9.09. The van der Waals surface area contributed by atoms with E-state index in [1.807, 2.05) is 18.2 Å². The number of hydrogen-bond donors (Lipinski definition) is 0. The Balaban J connectivity index is 1.83. The Hall–Kier alpha value is -3.25. The summed E-state index contributed by atoms with van der Waals surface area (Å²) >= 11 is 0. The topological polar surface area (TPSA) is 99.9 Å². The zero-order chi connectivity index (χ0) is 21.9. The van der Waals surface area contributed by atoms with Crippen molar-refractivity contribution in [2.75, 3.05) is 37.9 Å². The second kappa shape index (κ2) is 8.63. The average Bonchev–Trinajstić information content (AvgIpc) is 2.74. The molecule has 0 spiro atoms. The van der Waals surface area contributed by atoms with Crippen LogP contribution in [0.2, 0.25) is 0 Å². The zero-order valence-corrected chi connectivity index (χ0v) is 17.9. The number of nitrogens with zero attached hydrogens (tertiary/aromatic N) is 3. The fourth-order valence-electron chi connectivity index (χ4n) is 3.45. The van der Waals surface area contributed by atoms with Gasteiger partial charge in [-0.1, -0.05) is 6.07 Å². The number of benzene rings is 2. The molecule has 2 aromatic carbocycles. The van der Waals surface area contributed by atoms with Gasteiger partial charge in [-0.3, -0.25) is 9.10 Å². The summed E-state index contributed by atoms with van der Waals surface area (Å²) in [6, 6.07) is 11.9. The Morgan fingerprint density at radius 3 is 2.43 bits per heavy atom. The summed E-state index contributed by atoms with van der Waals surface area (Å²) in [7, 11) is -0.593. The molecule has 3 rings (SSSR count). The van der Waals surface area contributed by atoms with Gasteiger partial charge in [-0.2, -0.15) is 5.26 Å². The van der Waals surface area contributed by atoms with Crippen molar-refractivity contribution in [2.45, 2.75) is 13.0 Å². The van der Waals surface area contributed by atoms with Gasteiger partial charge >= 0.3 is 0 Å². The average molecular weight is 429 g/mol. The Morgan fingerprint density at radius 2 is 1.83 bits per heavy atom. The number of amides is 1. The molecule has 0 saturated carbocycles. The Labute approximate surface area is 176 Å². The molecular weight excluding hydrogens is 406 g/mol. The van der Waals surface area contributed by atoms with Crippen molar-refractivity contribution in [3.63, 3.8) is 0 Å². The highest BCUT2D eigenvalue weighted by molar-refractivity contribution is 7.92. The van der Waals surface area contributed by atoms with Gasteiger partial charge in [0, 0.05) is 13.1 Å². The van der Waals surface area contributed by atoms with Crippen LogP contribution >= 0.6 is 0 Å². The van der Waals surface area contributed by atoms with Crippen LogP contribution in [0.3, 0.4) is 0 Å². The SMILES string of the molecule is COc1cc2c(cc1OC)CN(C(=O)CN(c1cccc(C#N)c1)S(C)(=O)=O)CC2. The first kappa shape index (κ1) is 21.5. The molecule has 0 aromatic heterocycles. The van der Waals surface area contributed by atoms with E-state index < -0.39 is 10.0 Å². The lowest BCUT2D eigenvalue weighted by atomic mass is 9.98. The van der Waals surface area contributed by atoms with Crippen LogP contribution in [0.1, 0.15) is 16.7 Å². The lowest BCUT2D eigenvalue weighted by Crippen LogP contribution is -2.44. The van der Waals surface area contributed by atoms with E-state index in [1.54, 1.807) is 37.3 Å². The molecule has 2 aromatic rings. The molecule has 8 nitrogen and oxygen atoms in total. The maximum absolute atomic E-state index is 13.0. The number of anilines is 1. The van der Waals surface area contributed by atoms with Crippen molar-refractivity contribution in [3.05, 3.63) is 53.1 Å².